The highest BCUT2D eigenvalue weighted by atomic mass is 16.5. The quantitative estimate of drug-likeness (QED) is 0.659. The lowest BCUT2D eigenvalue weighted by atomic mass is 9.95. The Balaban J connectivity index is 1.13. The van der Waals surface area contributed by atoms with E-state index in [2.05, 4.69) is 40.8 Å². The van der Waals surface area contributed by atoms with Crippen molar-refractivity contribution in [2.24, 2.45) is 11.7 Å². The minimum atomic E-state index is -0.420. The Bertz CT molecular complexity index is 931. The number of amides is 1. The van der Waals surface area contributed by atoms with E-state index in [9.17, 15) is 4.79 Å². The average Bonchev–Trinajstić information content (AvgIpc) is 3.73. The van der Waals surface area contributed by atoms with E-state index in [0.29, 0.717) is 25.0 Å². The van der Waals surface area contributed by atoms with Crippen molar-refractivity contribution >= 4 is 5.91 Å². The van der Waals surface area contributed by atoms with Gasteiger partial charge in [0.25, 0.3) is 0 Å². The van der Waals surface area contributed by atoms with E-state index in [4.69, 9.17) is 15.2 Å². The van der Waals surface area contributed by atoms with Gasteiger partial charge in [0.1, 0.15) is 0 Å². The van der Waals surface area contributed by atoms with Gasteiger partial charge in [-0.25, -0.2) is 0 Å². The Hall–Kier alpha value is -2.25. The van der Waals surface area contributed by atoms with Gasteiger partial charge < -0.3 is 20.5 Å². The van der Waals surface area contributed by atoms with Crippen molar-refractivity contribution in [1.29, 1.82) is 0 Å². The van der Waals surface area contributed by atoms with Crippen LogP contribution in [0.25, 0.3) is 0 Å². The first-order valence-electron chi connectivity index (χ1n) is 12.1. The minimum Gasteiger partial charge on any atom is -0.341 e. The second-order valence-corrected chi connectivity index (χ2v) is 10.3. The molecule has 0 spiro atoms. The monoisotopic (exact) mass is 437 g/mol. The number of carbonyl (C=O) groups is 1. The first-order chi connectivity index (χ1) is 15.5. The van der Waals surface area contributed by atoms with Crippen LogP contribution in [0, 0.1) is 5.92 Å². The maximum absolute atomic E-state index is 12.5. The predicted octanol–water partition coefficient (Wildman–Crippen LogP) is 2.94. The normalized spacial score (nSPS) is 25.7. The van der Waals surface area contributed by atoms with Crippen LogP contribution in [0.15, 0.2) is 34.9 Å². The number of benzene rings is 1. The number of hydrogen-bond donors (Lipinski definition) is 2. The molecule has 1 aliphatic heterocycles. The summed E-state index contributed by atoms with van der Waals surface area (Å²) in [5, 5.41) is 8.14. The number of carbonyl (C=O) groups excluding carboxylic acids is 1. The van der Waals surface area contributed by atoms with E-state index >= 15 is 0 Å². The summed E-state index contributed by atoms with van der Waals surface area (Å²) in [5.41, 5.74) is 7.51. The number of nitrogens with one attached hydrogen (secondary N) is 1. The Labute approximate surface area is 190 Å². The highest BCUT2D eigenvalue weighted by molar-refractivity contribution is 5.82. The van der Waals surface area contributed by atoms with Crippen LogP contribution >= 0.6 is 0 Å². The largest absolute Gasteiger partial charge is 0.341 e. The summed E-state index contributed by atoms with van der Waals surface area (Å²) in [5.74, 6) is 2.66. The van der Waals surface area contributed by atoms with Crippen molar-refractivity contribution in [3.8, 4) is 0 Å². The van der Waals surface area contributed by atoms with Gasteiger partial charge in [-0.2, -0.15) is 4.98 Å². The fraction of sp³-hybridized carbons (Fsp3) is 0.640. The lowest BCUT2D eigenvalue weighted by Crippen LogP contribution is -2.49. The number of rotatable bonds is 8. The van der Waals surface area contributed by atoms with Crippen LogP contribution in [0.3, 0.4) is 0 Å². The molecular weight excluding hydrogens is 402 g/mol. The van der Waals surface area contributed by atoms with E-state index in [0.717, 1.165) is 43.9 Å². The summed E-state index contributed by atoms with van der Waals surface area (Å²) >= 11 is 0. The molecular formula is C25H35N5O2. The molecule has 32 heavy (non-hydrogen) atoms. The van der Waals surface area contributed by atoms with Gasteiger partial charge in [-0.1, -0.05) is 49.3 Å². The standard InChI is InChI=1S/C25H35N5O2/c1-16(2)21(26)23(31)30-12-8-18(9-13-30)22-28-24(29-32-22)25(10-11-25)15-27-20-14-19(20)17-6-4-3-5-7-17/h3-7,16,18-21,27H,8-15,26H2,1-2H3/t19-,20+,21-/m0/s1. The van der Waals surface area contributed by atoms with E-state index in [1.165, 1.54) is 12.0 Å². The summed E-state index contributed by atoms with van der Waals surface area (Å²) in [6.45, 7) is 6.31. The third kappa shape index (κ3) is 4.33. The first kappa shape index (κ1) is 21.6. The van der Waals surface area contributed by atoms with Gasteiger partial charge in [0.05, 0.1) is 6.04 Å². The van der Waals surface area contributed by atoms with Crippen molar-refractivity contribution in [2.75, 3.05) is 19.6 Å². The molecule has 5 rings (SSSR count). The molecule has 7 nitrogen and oxygen atoms in total. The number of nitrogens with two attached hydrogens (primary N) is 1. The molecule has 2 aromatic rings. The fourth-order valence-corrected chi connectivity index (χ4v) is 4.91. The fourth-order valence-electron chi connectivity index (χ4n) is 4.91. The van der Waals surface area contributed by atoms with Gasteiger partial charge in [0.15, 0.2) is 5.82 Å². The van der Waals surface area contributed by atoms with Crippen LogP contribution in [-0.2, 0) is 10.2 Å². The van der Waals surface area contributed by atoms with Crippen LogP contribution in [0.4, 0.5) is 0 Å². The number of piperidine rings is 1. The molecule has 1 aromatic heterocycles. The van der Waals surface area contributed by atoms with Crippen LogP contribution in [0.1, 0.15) is 75.1 Å². The molecule has 0 radical (unpaired) electrons. The number of nitrogens with zero attached hydrogens (tertiary/aromatic N) is 3. The third-order valence-corrected chi connectivity index (χ3v) is 7.65. The molecule has 172 valence electrons. The van der Waals surface area contributed by atoms with Crippen molar-refractivity contribution < 1.29 is 9.32 Å². The average molecular weight is 438 g/mol. The molecule has 1 aromatic carbocycles. The Morgan fingerprint density at radius 2 is 1.97 bits per heavy atom. The maximum atomic E-state index is 12.5. The molecule has 2 aliphatic carbocycles. The topological polar surface area (TPSA) is 97.3 Å². The molecule has 2 heterocycles. The van der Waals surface area contributed by atoms with E-state index in [-0.39, 0.29) is 23.2 Å². The van der Waals surface area contributed by atoms with Gasteiger partial charge in [0.2, 0.25) is 11.8 Å². The van der Waals surface area contributed by atoms with Crippen molar-refractivity contribution in [1.82, 2.24) is 20.4 Å². The van der Waals surface area contributed by atoms with Crippen LogP contribution < -0.4 is 11.1 Å². The summed E-state index contributed by atoms with van der Waals surface area (Å²) in [6.07, 6.45) is 5.13. The smallest absolute Gasteiger partial charge is 0.239 e. The minimum absolute atomic E-state index is 0.0340. The zero-order chi connectivity index (χ0) is 22.3. The van der Waals surface area contributed by atoms with Crippen molar-refractivity contribution in [3.05, 3.63) is 47.6 Å². The summed E-state index contributed by atoms with van der Waals surface area (Å²) in [6, 6.07) is 10.9. The highest BCUT2D eigenvalue weighted by Crippen LogP contribution is 2.48. The van der Waals surface area contributed by atoms with E-state index in [1.54, 1.807) is 0 Å². The Kier molecular flexibility index (Phi) is 5.80. The summed E-state index contributed by atoms with van der Waals surface area (Å²) in [4.78, 5) is 19.2. The zero-order valence-electron chi connectivity index (χ0n) is 19.2. The first-order valence-corrected chi connectivity index (χ1v) is 12.1. The second-order valence-electron chi connectivity index (χ2n) is 10.3. The van der Waals surface area contributed by atoms with E-state index < -0.39 is 6.04 Å². The van der Waals surface area contributed by atoms with Crippen molar-refractivity contribution in [2.45, 2.75) is 75.3 Å². The predicted molar refractivity (Wildman–Crippen MR) is 122 cm³/mol. The molecule has 3 fully saturated rings. The van der Waals surface area contributed by atoms with Crippen LogP contribution in [0.5, 0.6) is 0 Å². The maximum Gasteiger partial charge on any atom is 0.239 e. The Morgan fingerprint density at radius 1 is 1.25 bits per heavy atom. The van der Waals surface area contributed by atoms with Crippen molar-refractivity contribution in [3.63, 3.8) is 0 Å². The van der Waals surface area contributed by atoms with Crippen LogP contribution in [0.2, 0.25) is 0 Å². The highest BCUT2D eigenvalue weighted by Gasteiger charge is 2.50. The molecule has 3 aliphatic rings. The SMILES string of the molecule is CC(C)[C@H](N)C(=O)N1CCC(c2nc(C3(CN[C@@H]4C[C@H]4c4ccccc4)CC3)no2)CC1. The molecule has 1 amide bonds. The van der Waals surface area contributed by atoms with Crippen LogP contribution in [-0.4, -0.2) is 52.7 Å². The lowest BCUT2D eigenvalue weighted by molar-refractivity contribution is -0.134. The van der Waals surface area contributed by atoms with E-state index in [1.807, 2.05) is 18.7 Å². The molecule has 0 bridgehead atoms. The number of likely N-dealkylation sites (tertiary alicyclic amines) is 1. The van der Waals surface area contributed by atoms with Gasteiger partial charge in [0, 0.05) is 42.9 Å². The van der Waals surface area contributed by atoms with Gasteiger partial charge in [-0.05, 0) is 43.6 Å². The third-order valence-electron chi connectivity index (χ3n) is 7.65. The Morgan fingerprint density at radius 3 is 2.62 bits per heavy atom. The molecule has 3 N–H and O–H groups in total. The van der Waals surface area contributed by atoms with Gasteiger partial charge in [-0.3, -0.25) is 4.79 Å². The zero-order valence-corrected chi connectivity index (χ0v) is 19.2. The molecule has 0 unspecified atom stereocenters. The van der Waals surface area contributed by atoms with Gasteiger partial charge in [-0.15, -0.1) is 0 Å². The van der Waals surface area contributed by atoms with Gasteiger partial charge >= 0.3 is 0 Å². The molecule has 7 heteroatoms. The molecule has 1 saturated heterocycles. The summed E-state index contributed by atoms with van der Waals surface area (Å²) in [7, 11) is 0. The molecule has 3 atom stereocenters. The lowest BCUT2D eigenvalue weighted by Gasteiger charge is -2.33. The summed E-state index contributed by atoms with van der Waals surface area (Å²) < 4.78 is 5.71. The second kappa shape index (κ2) is 8.60. The molecule has 2 saturated carbocycles. The number of aromatic nitrogens is 2. The number of hydrogen-bond acceptors (Lipinski definition) is 6.